The quantitative estimate of drug-likeness (QED) is 0.676. The summed E-state index contributed by atoms with van der Waals surface area (Å²) in [4.78, 5) is 20.8. The molecule has 2 aromatic carbocycles. The van der Waals surface area contributed by atoms with Gasteiger partial charge in [-0.2, -0.15) is 15.0 Å². The first-order chi connectivity index (χ1) is 15.6. The smallest absolute Gasteiger partial charge is 0.231 e. The summed E-state index contributed by atoms with van der Waals surface area (Å²) >= 11 is 0. The molecule has 0 unspecified atom stereocenters. The molecule has 1 saturated heterocycles. The number of hydrogen-bond acceptors (Lipinski definition) is 7. The van der Waals surface area contributed by atoms with E-state index in [0.717, 1.165) is 32.6 Å². The van der Waals surface area contributed by atoms with Crippen molar-refractivity contribution in [1.29, 1.82) is 0 Å². The highest BCUT2D eigenvalue weighted by molar-refractivity contribution is 5.59. The number of fused-ring (bicyclic) bond motifs is 1. The highest BCUT2D eigenvalue weighted by atomic mass is 19.1. The molecule has 1 N–H and O–H groups in total. The van der Waals surface area contributed by atoms with Gasteiger partial charge < -0.3 is 19.8 Å². The number of aliphatic hydroxyl groups is 1. The molecule has 3 aromatic rings. The first kappa shape index (κ1) is 20.8. The average molecular weight is 435 g/mol. The SMILES string of the molecule is CN1CCN(c2nc(-c3cccc(F)c3)nc(N3Cc4ccccc4C[C@@H]3CO)n2)CC1. The van der Waals surface area contributed by atoms with Gasteiger partial charge in [0.25, 0.3) is 0 Å². The molecule has 8 heteroatoms. The maximum atomic E-state index is 14.0. The Bertz CT molecular complexity index is 1100. The standard InChI is InChI=1S/C24H27FN6O/c1-29-9-11-30(12-10-29)23-26-22(18-7-4-8-20(25)13-18)27-24(28-23)31-15-19-6-3-2-5-17(19)14-21(31)16-32/h2-8,13,21,32H,9-12,14-16H2,1H3/t21-/m1/s1. The van der Waals surface area contributed by atoms with Gasteiger partial charge >= 0.3 is 0 Å². The Morgan fingerprint density at radius 3 is 2.44 bits per heavy atom. The van der Waals surface area contributed by atoms with E-state index in [1.165, 1.54) is 23.3 Å². The first-order valence-electron chi connectivity index (χ1n) is 11.0. The number of aromatic nitrogens is 3. The normalized spacial score (nSPS) is 19.2. The number of rotatable bonds is 4. The summed E-state index contributed by atoms with van der Waals surface area (Å²) < 4.78 is 14.0. The second kappa shape index (κ2) is 8.80. The molecule has 5 rings (SSSR count). The van der Waals surface area contributed by atoms with Crippen LogP contribution in [0.5, 0.6) is 0 Å². The number of anilines is 2. The van der Waals surface area contributed by atoms with Crippen LogP contribution in [0.2, 0.25) is 0 Å². The Hall–Kier alpha value is -3.10. The van der Waals surface area contributed by atoms with Crippen LogP contribution in [0.25, 0.3) is 11.4 Å². The molecule has 2 aliphatic rings. The summed E-state index contributed by atoms with van der Waals surface area (Å²) in [7, 11) is 2.10. The average Bonchev–Trinajstić information content (AvgIpc) is 2.83. The number of nitrogens with zero attached hydrogens (tertiary/aromatic N) is 6. The topological polar surface area (TPSA) is 68.6 Å². The molecule has 0 aliphatic carbocycles. The van der Waals surface area contributed by atoms with Gasteiger partial charge in [0.15, 0.2) is 5.82 Å². The molecular formula is C24H27FN6O. The van der Waals surface area contributed by atoms with Gasteiger partial charge in [0.1, 0.15) is 5.82 Å². The zero-order valence-electron chi connectivity index (χ0n) is 18.2. The molecule has 32 heavy (non-hydrogen) atoms. The van der Waals surface area contributed by atoms with Gasteiger partial charge in [0.2, 0.25) is 11.9 Å². The minimum atomic E-state index is -0.328. The van der Waals surface area contributed by atoms with E-state index in [-0.39, 0.29) is 18.5 Å². The van der Waals surface area contributed by atoms with Crippen molar-refractivity contribution >= 4 is 11.9 Å². The lowest BCUT2D eigenvalue weighted by Crippen LogP contribution is -2.46. The Kier molecular flexibility index (Phi) is 5.71. The van der Waals surface area contributed by atoms with E-state index in [1.54, 1.807) is 6.07 Å². The molecule has 0 radical (unpaired) electrons. The Balaban J connectivity index is 1.57. The highest BCUT2D eigenvalue weighted by Crippen LogP contribution is 2.29. The minimum Gasteiger partial charge on any atom is -0.394 e. The zero-order chi connectivity index (χ0) is 22.1. The van der Waals surface area contributed by atoms with Crippen molar-refractivity contribution < 1.29 is 9.50 Å². The predicted molar refractivity (Wildman–Crippen MR) is 122 cm³/mol. The third kappa shape index (κ3) is 4.16. The van der Waals surface area contributed by atoms with E-state index in [2.05, 4.69) is 29.0 Å². The number of likely N-dealkylation sites (N-methyl/N-ethyl adjacent to an activating group) is 1. The van der Waals surface area contributed by atoms with E-state index in [9.17, 15) is 9.50 Å². The summed E-state index contributed by atoms with van der Waals surface area (Å²) in [5, 5.41) is 10.1. The summed E-state index contributed by atoms with van der Waals surface area (Å²) in [5.74, 6) is 1.23. The molecule has 1 atom stereocenters. The molecule has 0 amide bonds. The van der Waals surface area contributed by atoms with Gasteiger partial charge in [-0.15, -0.1) is 0 Å². The van der Waals surface area contributed by atoms with Crippen LogP contribution in [-0.4, -0.2) is 70.8 Å². The Morgan fingerprint density at radius 1 is 0.938 bits per heavy atom. The van der Waals surface area contributed by atoms with E-state index in [0.29, 0.717) is 29.8 Å². The van der Waals surface area contributed by atoms with Crippen molar-refractivity contribution in [3.05, 3.63) is 65.5 Å². The van der Waals surface area contributed by atoms with Crippen molar-refractivity contribution in [3.8, 4) is 11.4 Å². The third-order valence-corrected chi connectivity index (χ3v) is 6.30. The second-order valence-electron chi connectivity index (χ2n) is 8.50. The lowest BCUT2D eigenvalue weighted by molar-refractivity contribution is 0.252. The van der Waals surface area contributed by atoms with Crippen LogP contribution in [-0.2, 0) is 13.0 Å². The maximum Gasteiger partial charge on any atom is 0.231 e. The van der Waals surface area contributed by atoms with Crippen LogP contribution in [0.3, 0.4) is 0 Å². The Morgan fingerprint density at radius 2 is 1.69 bits per heavy atom. The molecule has 2 aliphatic heterocycles. The largest absolute Gasteiger partial charge is 0.394 e. The van der Waals surface area contributed by atoms with E-state index in [1.807, 2.05) is 23.1 Å². The van der Waals surface area contributed by atoms with Gasteiger partial charge in [-0.1, -0.05) is 36.4 Å². The van der Waals surface area contributed by atoms with Crippen LogP contribution < -0.4 is 9.80 Å². The van der Waals surface area contributed by atoms with Crippen molar-refractivity contribution in [3.63, 3.8) is 0 Å². The fourth-order valence-electron chi connectivity index (χ4n) is 4.37. The molecule has 0 spiro atoms. The molecule has 166 valence electrons. The number of piperazine rings is 1. The van der Waals surface area contributed by atoms with Gasteiger partial charge in [-0.05, 0) is 36.7 Å². The van der Waals surface area contributed by atoms with E-state index < -0.39 is 0 Å². The van der Waals surface area contributed by atoms with Gasteiger partial charge in [0.05, 0.1) is 12.6 Å². The zero-order valence-corrected chi connectivity index (χ0v) is 18.2. The lowest BCUT2D eigenvalue weighted by Gasteiger charge is -2.37. The van der Waals surface area contributed by atoms with Crippen molar-refractivity contribution in [2.45, 2.75) is 19.0 Å². The number of aliphatic hydroxyl groups excluding tert-OH is 1. The monoisotopic (exact) mass is 434 g/mol. The molecule has 0 bridgehead atoms. The van der Waals surface area contributed by atoms with Crippen LogP contribution in [0.1, 0.15) is 11.1 Å². The van der Waals surface area contributed by atoms with Crippen molar-refractivity contribution in [1.82, 2.24) is 19.9 Å². The summed E-state index contributed by atoms with van der Waals surface area (Å²) in [5.41, 5.74) is 3.05. The van der Waals surface area contributed by atoms with Crippen molar-refractivity contribution in [2.75, 3.05) is 49.6 Å². The van der Waals surface area contributed by atoms with Gasteiger partial charge in [-0.3, -0.25) is 0 Å². The molecular weight excluding hydrogens is 407 g/mol. The second-order valence-corrected chi connectivity index (χ2v) is 8.50. The van der Waals surface area contributed by atoms with Crippen LogP contribution >= 0.6 is 0 Å². The first-order valence-corrected chi connectivity index (χ1v) is 11.0. The predicted octanol–water partition coefficient (Wildman–Crippen LogP) is 2.35. The number of halogens is 1. The third-order valence-electron chi connectivity index (χ3n) is 6.30. The van der Waals surface area contributed by atoms with E-state index in [4.69, 9.17) is 15.0 Å². The molecule has 1 fully saturated rings. The van der Waals surface area contributed by atoms with E-state index >= 15 is 0 Å². The number of benzene rings is 2. The maximum absolute atomic E-state index is 14.0. The highest BCUT2D eigenvalue weighted by Gasteiger charge is 2.29. The van der Waals surface area contributed by atoms with Crippen LogP contribution in [0.4, 0.5) is 16.3 Å². The summed E-state index contributed by atoms with van der Waals surface area (Å²) in [6.45, 7) is 4.08. The summed E-state index contributed by atoms with van der Waals surface area (Å²) in [6, 6.07) is 14.5. The summed E-state index contributed by atoms with van der Waals surface area (Å²) in [6.07, 6.45) is 0.720. The molecule has 7 nitrogen and oxygen atoms in total. The van der Waals surface area contributed by atoms with Crippen LogP contribution in [0, 0.1) is 5.82 Å². The minimum absolute atomic E-state index is 0.000835. The molecule has 1 aromatic heterocycles. The number of hydrogen-bond donors (Lipinski definition) is 1. The lowest BCUT2D eigenvalue weighted by atomic mass is 9.94. The molecule has 0 saturated carbocycles. The van der Waals surface area contributed by atoms with Gasteiger partial charge in [-0.25, -0.2) is 4.39 Å². The molecule has 3 heterocycles. The fourth-order valence-corrected chi connectivity index (χ4v) is 4.37. The van der Waals surface area contributed by atoms with Gasteiger partial charge in [0, 0.05) is 38.3 Å². The Labute approximate surface area is 187 Å². The fraction of sp³-hybridized carbons (Fsp3) is 0.375. The van der Waals surface area contributed by atoms with Crippen LogP contribution in [0.15, 0.2) is 48.5 Å². The van der Waals surface area contributed by atoms with Crippen molar-refractivity contribution in [2.24, 2.45) is 0 Å².